The Labute approximate surface area is 199 Å². The number of anilines is 1. The van der Waals surface area contributed by atoms with Crippen molar-refractivity contribution in [3.05, 3.63) is 101 Å². The Balaban J connectivity index is 1.31. The van der Waals surface area contributed by atoms with E-state index in [4.69, 9.17) is 16.0 Å². The van der Waals surface area contributed by atoms with E-state index in [1.54, 1.807) is 48.5 Å². The van der Waals surface area contributed by atoms with E-state index in [0.29, 0.717) is 33.3 Å². The van der Waals surface area contributed by atoms with Crippen LogP contribution in [0.4, 0.5) is 10.1 Å². The number of hydrogen-bond acceptors (Lipinski definition) is 4. The molecule has 0 aliphatic carbocycles. The summed E-state index contributed by atoms with van der Waals surface area (Å²) < 4.78 is 18.8. The second kappa shape index (κ2) is 8.96. The van der Waals surface area contributed by atoms with E-state index in [1.807, 2.05) is 25.1 Å². The van der Waals surface area contributed by atoms with E-state index in [9.17, 15) is 9.18 Å². The molecule has 2 aromatic heterocycles. The van der Waals surface area contributed by atoms with E-state index in [-0.39, 0.29) is 11.7 Å². The Morgan fingerprint density at radius 1 is 1.00 bits per heavy atom. The summed E-state index contributed by atoms with van der Waals surface area (Å²) in [6.07, 6.45) is 2.97. The first-order chi connectivity index (χ1) is 16.4. The van der Waals surface area contributed by atoms with E-state index < -0.39 is 0 Å². The first-order valence-corrected chi connectivity index (χ1v) is 10.8. The van der Waals surface area contributed by atoms with Crippen molar-refractivity contribution in [1.82, 2.24) is 15.0 Å². The first-order valence-electron chi connectivity index (χ1n) is 10.4. The second-order valence-corrected chi connectivity index (χ2v) is 8.09. The van der Waals surface area contributed by atoms with E-state index in [2.05, 4.69) is 15.5 Å². The van der Waals surface area contributed by atoms with Gasteiger partial charge in [0, 0.05) is 22.3 Å². The van der Waals surface area contributed by atoms with Crippen molar-refractivity contribution in [1.29, 1.82) is 0 Å². The largest absolute Gasteiger partial charge is 0.457 e. The summed E-state index contributed by atoms with van der Waals surface area (Å²) in [6.45, 7) is 1.89. The van der Waals surface area contributed by atoms with Crippen molar-refractivity contribution in [2.75, 3.05) is 5.32 Å². The van der Waals surface area contributed by atoms with Crippen LogP contribution in [0.5, 0.6) is 0 Å². The van der Waals surface area contributed by atoms with Gasteiger partial charge in [0.05, 0.1) is 5.69 Å². The fourth-order valence-corrected chi connectivity index (χ4v) is 3.56. The highest BCUT2D eigenvalue weighted by Gasteiger charge is 2.10. The first kappa shape index (κ1) is 21.6. The maximum atomic E-state index is 13.1. The molecule has 34 heavy (non-hydrogen) atoms. The predicted octanol–water partition coefficient (Wildman–Crippen LogP) is 6.43. The van der Waals surface area contributed by atoms with Gasteiger partial charge in [-0.2, -0.15) is 4.80 Å². The molecule has 0 atom stereocenters. The number of furan rings is 1. The molecular weight excluding hydrogens is 455 g/mol. The number of fused-ring (bicyclic) bond motifs is 1. The van der Waals surface area contributed by atoms with Gasteiger partial charge in [-0.25, -0.2) is 4.39 Å². The van der Waals surface area contributed by atoms with Gasteiger partial charge in [0.15, 0.2) is 0 Å². The summed E-state index contributed by atoms with van der Waals surface area (Å²) in [5, 5.41) is 12.5. The van der Waals surface area contributed by atoms with Crippen LogP contribution in [0.3, 0.4) is 0 Å². The molecule has 8 heteroatoms. The third-order valence-electron chi connectivity index (χ3n) is 5.20. The van der Waals surface area contributed by atoms with Crippen LogP contribution in [0.1, 0.15) is 11.3 Å². The third kappa shape index (κ3) is 4.60. The summed E-state index contributed by atoms with van der Waals surface area (Å²) in [7, 11) is 0. The fourth-order valence-electron chi connectivity index (χ4n) is 3.44. The van der Waals surface area contributed by atoms with Gasteiger partial charge in [0.2, 0.25) is 5.91 Å². The highest BCUT2D eigenvalue weighted by atomic mass is 35.5. The second-order valence-electron chi connectivity index (χ2n) is 7.65. The number of halogens is 2. The zero-order valence-electron chi connectivity index (χ0n) is 18.0. The predicted molar refractivity (Wildman–Crippen MR) is 130 cm³/mol. The van der Waals surface area contributed by atoms with Gasteiger partial charge in [0.25, 0.3) is 0 Å². The minimum absolute atomic E-state index is 0.312. The van der Waals surface area contributed by atoms with E-state index >= 15 is 0 Å². The van der Waals surface area contributed by atoms with Crippen molar-refractivity contribution >= 4 is 40.3 Å². The van der Waals surface area contributed by atoms with Gasteiger partial charge in [-0.3, -0.25) is 4.79 Å². The quantitative estimate of drug-likeness (QED) is 0.299. The van der Waals surface area contributed by atoms with Crippen molar-refractivity contribution < 1.29 is 13.6 Å². The van der Waals surface area contributed by atoms with Gasteiger partial charge in [-0.1, -0.05) is 11.6 Å². The molecule has 0 fully saturated rings. The van der Waals surface area contributed by atoms with Gasteiger partial charge >= 0.3 is 0 Å². The molecule has 0 unspecified atom stereocenters. The van der Waals surface area contributed by atoms with Crippen molar-refractivity contribution in [2.45, 2.75) is 6.92 Å². The molecule has 6 nitrogen and oxygen atoms in total. The molecule has 5 aromatic rings. The Hall–Kier alpha value is -4.23. The lowest BCUT2D eigenvalue weighted by Gasteiger charge is -2.05. The molecule has 168 valence electrons. The number of carbonyl (C=O) groups is 1. The molecule has 0 saturated heterocycles. The van der Waals surface area contributed by atoms with Crippen LogP contribution in [0.25, 0.3) is 34.1 Å². The van der Waals surface area contributed by atoms with Crippen LogP contribution >= 0.6 is 11.6 Å². The molecule has 1 amide bonds. The maximum Gasteiger partial charge on any atom is 0.248 e. The lowest BCUT2D eigenvalue weighted by atomic mass is 10.1. The summed E-state index contributed by atoms with van der Waals surface area (Å²) >= 11 is 5.95. The number of amides is 1. The topological polar surface area (TPSA) is 73.0 Å². The standard InChI is InChI=1S/C26H18ClFN4O2/c1-16-14-23-24(31-32(30-23)20-8-4-18(27)5-9-20)15-22(16)29-26(33)13-11-21-10-12-25(34-21)17-2-6-19(28)7-3-17/h2-15H,1H3,(H,29,33)/b13-11+. The number of nitrogens with zero attached hydrogens (tertiary/aromatic N) is 3. The summed E-state index contributed by atoms with van der Waals surface area (Å²) in [6, 6.07) is 20.4. The average molecular weight is 473 g/mol. The Bertz CT molecular complexity index is 1520. The van der Waals surface area contributed by atoms with E-state index in [1.165, 1.54) is 23.0 Å². The van der Waals surface area contributed by atoms with Crippen LogP contribution in [-0.2, 0) is 4.79 Å². The number of benzene rings is 3. The van der Waals surface area contributed by atoms with Crippen LogP contribution in [0.2, 0.25) is 5.02 Å². The number of carbonyl (C=O) groups excluding carboxylic acids is 1. The van der Waals surface area contributed by atoms with Gasteiger partial charge in [-0.05, 0) is 91.4 Å². The summed E-state index contributed by atoms with van der Waals surface area (Å²) in [4.78, 5) is 14.0. The highest BCUT2D eigenvalue weighted by Crippen LogP contribution is 2.24. The van der Waals surface area contributed by atoms with E-state index in [0.717, 1.165) is 16.8 Å². The minimum Gasteiger partial charge on any atom is -0.457 e. The SMILES string of the molecule is Cc1cc2nn(-c3ccc(Cl)cc3)nc2cc1NC(=O)/C=C/c1ccc(-c2ccc(F)cc2)o1. The van der Waals surface area contributed by atoms with Crippen LogP contribution in [0, 0.1) is 12.7 Å². The van der Waals surface area contributed by atoms with Crippen LogP contribution < -0.4 is 5.32 Å². The zero-order valence-corrected chi connectivity index (χ0v) is 18.8. The molecule has 1 N–H and O–H groups in total. The van der Waals surface area contributed by atoms with Crippen molar-refractivity contribution in [3.8, 4) is 17.0 Å². The Morgan fingerprint density at radius 2 is 1.71 bits per heavy atom. The number of nitrogens with one attached hydrogen (secondary N) is 1. The van der Waals surface area contributed by atoms with Crippen LogP contribution in [-0.4, -0.2) is 20.9 Å². The summed E-state index contributed by atoms with van der Waals surface area (Å²) in [5.74, 6) is 0.470. The number of aromatic nitrogens is 3. The molecule has 0 radical (unpaired) electrons. The smallest absolute Gasteiger partial charge is 0.248 e. The average Bonchev–Trinajstić information content (AvgIpc) is 3.46. The lowest BCUT2D eigenvalue weighted by Crippen LogP contribution is -2.08. The fraction of sp³-hybridized carbons (Fsp3) is 0.0385. The molecular formula is C26H18ClFN4O2. The zero-order chi connectivity index (χ0) is 23.7. The summed E-state index contributed by atoms with van der Waals surface area (Å²) in [5.41, 5.74) is 4.39. The Morgan fingerprint density at radius 3 is 2.44 bits per heavy atom. The molecule has 3 aromatic carbocycles. The molecule has 2 heterocycles. The molecule has 0 bridgehead atoms. The van der Waals surface area contributed by atoms with Gasteiger partial charge < -0.3 is 9.73 Å². The monoisotopic (exact) mass is 472 g/mol. The highest BCUT2D eigenvalue weighted by molar-refractivity contribution is 6.30. The molecule has 0 aliphatic heterocycles. The molecule has 0 saturated carbocycles. The van der Waals surface area contributed by atoms with Crippen LogP contribution in [0.15, 0.2) is 83.3 Å². The molecule has 5 rings (SSSR count). The Kier molecular flexibility index (Phi) is 5.69. The normalized spacial score (nSPS) is 11.4. The van der Waals surface area contributed by atoms with Crippen molar-refractivity contribution in [2.24, 2.45) is 0 Å². The van der Waals surface area contributed by atoms with Gasteiger partial charge in [-0.15, -0.1) is 10.2 Å². The lowest BCUT2D eigenvalue weighted by molar-refractivity contribution is -0.111. The maximum absolute atomic E-state index is 13.1. The third-order valence-corrected chi connectivity index (χ3v) is 5.45. The molecule has 0 aliphatic rings. The number of aryl methyl sites for hydroxylation is 1. The van der Waals surface area contributed by atoms with Gasteiger partial charge in [0.1, 0.15) is 28.4 Å². The number of rotatable bonds is 5. The molecule has 0 spiro atoms. The number of hydrogen-bond donors (Lipinski definition) is 1. The minimum atomic E-state index is -0.313. The van der Waals surface area contributed by atoms with Crippen molar-refractivity contribution in [3.63, 3.8) is 0 Å².